The highest BCUT2D eigenvalue weighted by Gasteiger charge is 2.25. The summed E-state index contributed by atoms with van der Waals surface area (Å²) in [4.78, 5) is 0.155. The summed E-state index contributed by atoms with van der Waals surface area (Å²) in [5, 5.41) is 0. The maximum absolute atomic E-state index is 13.0. The van der Waals surface area contributed by atoms with E-state index < -0.39 is 10.0 Å². The number of hydrogen-bond donors (Lipinski definition) is 0. The summed E-state index contributed by atoms with van der Waals surface area (Å²) in [7, 11) is -0.724. The fraction of sp³-hybridized carbons (Fsp3) is 0.294. The molecular weight excluding hydrogens is 394 g/mol. The smallest absolute Gasteiger partial charge is 0.264 e. The van der Waals surface area contributed by atoms with Gasteiger partial charge in [0.2, 0.25) is 0 Å². The molecule has 0 unspecified atom stereocenters. The van der Waals surface area contributed by atoms with Crippen LogP contribution in [0.25, 0.3) is 0 Å². The normalized spacial score (nSPS) is 11.2. The van der Waals surface area contributed by atoms with Gasteiger partial charge in [-0.3, -0.25) is 4.31 Å². The highest BCUT2D eigenvalue weighted by Crippen LogP contribution is 2.32. The van der Waals surface area contributed by atoms with Crippen molar-refractivity contribution in [2.24, 2.45) is 0 Å². The number of halogens is 1. The van der Waals surface area contributed by atoms with Crippen molar-refractivity contribution in [3.8, 4) is 11.5 Å². The molecule has 0 aliphatic heterocycles. The van der Waals surface area contributed by atoms with Crippen molar-refractivity contribution in [3.05, 3.63) is 46.4 Å². The third kappa shape index (κ3) is 3.52. The quantitative estimate of drug-likeness (QED) is 0.718. The number of ether oxygens (including phenoxy) is 2. The standard InChI is InChI=1S/C17H20BrNO4S/c1-5-19(13-6-8-15(18)12(2)10-13)24(20,21)14-7-9-16(22-3)17(11-14)23-4/h6-11H,5H2,1-4H3. The molecule has 0 saturated carbocycles. The first-order valence-corrected chi connectivity index (χ1v) is 9.59. The molecule has 2 aromatic rings. The second kappa shape index (κ2) is 7.44. The molecule has 0 heterocycles. The second-order valence-corrected chi connectivity index (χ2v) is 7.84. The third-order valence-electron chi connectivity index (χ3n) is 3.66. The average Bonchev–Trinajstić information content (AvgIpc) is 2.57. The summed E-state index contributed by atoms with van der Waals surface area (Å²) in [5.41, 5.74) is 1.58. The van der Waals surface area contributed by atoms with E-state index in [0.717, 1.165) is 10.0 Å². The molecule has 0 aromatic heterocycles. The van der Waals surface area contributed by atoms with E-state index >= 15 is 0 Å². The van der Waals surface area contributed by atoms with Crippen LogP contribution in [0.1, 0.15) is 12.5 Å². The zero-order valence-electron chi connectivity index (χ0n) is 14.0. The van der Waals surface area contributed by atoms with Gasteiger partial charge in [0, 0.05) is 17.1 Å². The van der Waals surface area contributed by atoms with Gasteiger partial charge < -0.3 is 9.47 Å². The van der Waals surface area contributed by atoms with Gasteiger partial charge in [0.15, 0.2) is 11.5 Å². The van der Waals surface area contributed by atoms with Gasteiger partial charge in [-0.15, -0.1) is 0 Å². The number of hydrogen-bond acceptors (Lipinski definition) is 4. The maximum atomic E-state index is 13.0. The molecule has 0 aliphatic rings. The molecule has 0 saturated heterocycles. The second-order valence-electron chi connectivity index (χ2n) is 5.12. The predicted molar refractivity (Wildman–Crippen MR) is 98.6 cm³/mol. The summed E-state index contributed by atoms with van der Waals surface area (Å²) in [6.45, 7) is 4.04. The molecule has 0 spiro atoms. The molecule has 0 bridgehead atoms. The van der Waals surface area contributed by atoms with Gasteiger partial charge >= 0.3 is 0 Å². The fourth-order valence-electron chi connectivity index (χ4n) is 2.38. The topological polar surface area (TPSA) is 55.8 Å². The minimum atomic E-state index is -3.71. The third-order valence-corrected chi connectivity index (χ3v) is 6.45. The lowest BCUT2D eigenvalue weighted by molar-refractivity contribution is 0.354. The first-order valence-electron chi connectivity index (χ1n) is 7.36. The lowest BCUT2D eigenvalue weighted by Gasteiger charge is -2.24. The summed E-state index contributed by atoms with van der Waals surface area (Å²) in [6.07, 6.45) is 0. The monoisotopic (exact) mass is 413 g/mol. The van der Waals surface area contributed by atoms with Crippen LogP contribution in [0.4, 0.5) is 5.69 Å². The van der Waals surface area contributed by atoms with Crippen LogP contribution in [-0.2, 0) is 10.0 Å². The number of aryl methyl sites for hydroxylation is 1. The molecule has 0 N–H and O–H groups in total. The highest BCUT2D eigenvalue weighted by atomic mass is 79.9. The van der Waals surface area contributed by atoms with Gasteiger partial charge in [0.1, 0.15) is 0 Å². The molecule has 2 rings (SSSR count). The van der Waals surface area contributed by atoms with Crippen molar-refractivity contribution in [1.82, 2.24) is 0 Å². The van der Waals surface area contributed by atoms with Crippen molar-refractivity contribution in [1.29, 1.82) is 0 Å². The van der Waals surface area contributed by atoms with Gasteiger partial charge in [-0.25, -0.2) is 8.42 Å². The van der Waals surface area contributed by atoms with Crippen LogP contribution < -0.4 is 13.8 Å². The fourth-order valence-corrected chi connectivity index (χ4v) is 4.11. The van der Waals surface area contributed by atoms with E-state index in [4.69, 9.17) is 9.47 Å². The molecule has 24 heavy (non-hydrogen) atoms. The van der Waals surface area contributed by atoms with Crippen molar-refractivity contribution >= 4 is 31.6 Å². The number of rotatable bonds is 6. The van der Waals surface area contributed by atoms with Gasteiger partial charge in [-0.2, -0.15) is 0 Å². The van der Waals surface area contributed by atoms with E-state index in [1.807, 2.05) is 19.1 Å². The van der Waals surface area contributed by atoms with Crippen LogP contribution in [0, 0.1) is 6.92 Å². The van der Waals surface area contributed by atoms with E-state index in [2.05, 4.69) is 15.9 Å². The van der Waals surface area contributed by atoms with E-state index in [9.17, 15) is 8.42 Å². The van der Waals surface area contributed by atoms with E-state index in [1.165, 1.54) is 30.7 Å². The van der Waals surface area contributed by atoms with Gasteiger partial charge in [-0.1, -0.05) is 15.9 Å². The Morgan fingerprint density at radius 1 is 1.04 bits per heavy atom. The Morgan fingerprint density at radius 2 is 1.71 bits per heavy atom. The highest BCUT2D eigenvalue weighted by molar-refractivity contribution is 9.10. The zero-order chi connectivity index (χ0) is 17.9. The Balaban J connectivity index is 2.52. The minimum absolute atomic E-state index is 0.155. The van der Waals surface area contributed by atoms with E-state index in [-0.39, 0.29) is 4.90 Å². The van der Waals surface area contributed by atoms with Crippen molar-refractivity contribution in [2.45, 2.75) is 18.7 Å². The van der Waals surface area contributed by atoms with Crippen LogP contribution >= 0.6 is 15.9 Å². The number of sulfonamides is 1. The minimum Gasteiger partial charge on any atom is -0.493 e. The summed E-state index contributed by atoms with van der Waals surface area (Å²) >= 11 is 3.43. The number of benzene rings is 2. The van der Waals surface area contributed by atoms with E-state index in [0.29, 0.717) is 23.7 Å². The lowest BCUT2D eigenvalue weighted by Crippen LogP contribution is -2.30. The average molecular weight is 414 g/mol. The van der Waals surface area contributed by atoms with Crippen molar-refractivity contribution in [2.75, 3.05) is 25.1 Å². The molecule has 0 radical (unpaired) electrons. The maximum Gasteiger partial charge on any atom is 0.264 e. The molecule has 0 fully saturated rings. The first kappa shape index (κ1) is 18.6. The van der Waals surface area contributed by atoms with Crippen LogP contribution in [0.2, 0.25) is 0 Å². The van der Waals surface area contributed by atoms with Crippen LogP contribution in [0.3, 0.4) is 0 Å². The number of anilines is 1. The van der Waals surface area contributed by atoms with Crippen molar-refractivity contribution < 1.29 is 17.9 Å². The van der Waals surface area contributed by atoms with Crippen LogP contribution in [0.5, 0.6) is 11.5 Å². The first-order chi connectivity index (χ1) is 11.3. The summed E-state index contributed by atoms with van der Waals surface area (Å²) < 4.78 is 38.8. The zero-order valence-corrected chi connectivity index (χ0v) is 16.4. The Morgan fingerprint density at radius 3 is 2.25 bits per heavy atom. The van der Waals surface area contributed by atoms with Gasteiger partial charge in [-0.05, 0) is 49.7 Å². The van der Waals surface area contributed by atoms with E-state index in [1.54, 1.807) is 19.1 Å². The van der Waals surface area contributed by atoms with Gasteiger partial charge in [0.25, 0.3) is 10.0 Å². The molecule has 0 aliphatic carbocycles. The Bertz CT molecular complexity index is 836. The van der Waals surface area contributed by atoms with Crippen LogP contribution in [0.15, 0.2) is 45.8 Å². The predicted octanol–water partition coefficient (Wildman–Crippen LogP) is 3.99. The Kier molecular flexibility index (Phi) is 5.77. The molecule has 0 amide bonds. The largest absolute Gasteiger partial charge is 0.493 e. The Hall–Kier alpha value is -1.73. The molecule has 7 heteroatoms. The van der Waals surface area contributed by atoms with Gasteiger partial charge in [0.05, 0.1) is 24.8 Å². The summed E-state index contributed by atoms with van der Waals surface area (Å²) in [5.74, 6) is 0.862. The molecule has 5 nitrogen and oxygen atoms in total. The number of methoxy groups -OCH3 is 2. The molecular formula is C17H20BrNO4S. The number of nitrogens with zero attached hydrogens (tertiary/aromatic N) is 1. The lowest BCUT2D eigenvalue weighted by atomic mass is 10.2. The summed E-state index contributed by atoms with van der Waals surface area (Å²) in [6, 6.07) is 10.0. The van der Waals surface area contributed by atoms with Crippen molar-refractivity contribution in [3.63, 3.8) is 0 Å². The Labute approximate surface area is 151 Å². The molecule has 0 atom stereocenters. The molecule has 130 valence electrons. The molecule has 2 aromatic carbocycles. The van der Waals surface area contributed by atoms with Crippen LogP contribution in [-0.4, -0.2) is 29.2 Å². The SMILES string of the molecule is CCN(c1ccc(Br)c(C)c1)S(=O)(=O)c1ccc(OC)c(OC)c1.